The normalized spacial score (nSPS) is 14.4. The summed E-state index contributed by atoms with van der Waals surface area (Å²) in [4.78, 5) is 26.0. The van der Waals surface area contributed by atoms with Gasteiger partial charge in [-0.2, -0.15) is 0 Å². The third-order valence-corrected chi connectivity index (χ3v) is 4.54. The number of carbonyl (C=O) groups is 2. The molecule has 0 aliphatic carbocycles. The highest BCUT2D eigenvalue weighted by Crippen LogP contribution is 2.17. The molecule has 2 aromatic rings. The quantitative estimate of drug-likeness (QED) is 0.879. The molecule has 4 nitrogen and oxygen atoms in total. The van der Waals surface area contributed by atoms with Gasteiger partial charge in [0.05, 0.1) is 6.42 Å². The number of likely N-dealkylation sites (tertiary alicyclic amines) is 1. The Labute approximate surface area is 152 Å². The second kappa shape index (κ2) is 8.17. The fraction of sp³-hybridized carbons (Fsp3) is 0.300. The molecule has 2 aromatic carbocycles. The molecule has 0 atom stereocenters. The van der Waals surface area contributed by atoms with Crippen LogP contribution in [0, 0.1) is 0 Å². The van der Waals surface area contributed by atoms with Gasteiger partial charge in [-0.05, 0) is 48.2 Å². The van der Waals surface area contributed by atoms with Crippen LogP contribution in [0.5, 0.6) is 0 Å². The van der Waals surface area contributed by atoms with Gasteiger partial charge in [0.15, 0.2) is 0 Å². The smallest absolute Gasteiger partial charge is 0.228 e. The molecule has 2 amide bonds. The van der Waals surface area contributed by atoms with Crippen LogP contribution in [-0.4, -0.2) is 23.3 Å². The van der Waals surface area contributed by atoms with Gasteiger partial charge in [0.2, 0.25) is 11.8 Å². The lowest BCUT2D eigenvalue weighted by Crippen LogP contribution is -2.34. The summed E-state index contributed by atoms with van der Waals surface area (Å²) in [5, 5.41) is 3.58. The SMILES string of the molecule is O=C(Cc1ccc(Cl)cc1)Nc1cccc(CN2CCCCC2=O)c1. The van der Waals surface area contributed by atoms with Crippen molar-refractivity contribution >= 4 is 29.1 Å². The summed E-state index contributed by atoms with van der Waals surface area (Å²) in [6, 6.07) is 14.9. The number of anilines is 1. The monoisotopic (exact) mass is 356 g/mol. The molecule has 0 unspecified atom stereocenters. The van der Waals surface area contributed by atoms with Crippen LogP contribution in [-0.2, 0) is 22.6 Å². The Balaban J connectivity index is 1.60. The van der Waals surface area contributed by atoms with Gasteiger partial charge < -0.3 is 10.2 Å². The number of amides is 2. The zero-order valence-corrected chi connectivity index (χ0v) is 14.8. The summed E-state index contributed by atoms with van der Waals surface area (Å²) in [6.45, 7) is 1.41. The van der Waals surface area contributed by atoms with Crippen molar-refractivity contribution in [2.45, 2.75) is 32.2 Å². The van der Waals surface area contributed by atoms with Crippen molar-refractivity contribution in [2.24, 2.45) is 0 Å². The van der Waals surface area contributed by atoms with E-state index in [-0.39, 0.29) is 11.8 Å². The highest BCUT2D eigenvalue weighted by molar-refractivity contribution is 6.30. The van der Waals surface area contributed by atoms with Gasteiger partial charge in [0, 0.05) is 30.2 Å². The molecule has 1 N–H and O–H groups in total. The van der Waals surface area contributed by atoms with Gasteiger partial charge >= 0.3 is 0 Å². The van der Waals surface area contributed by atoms with Crippen molar-refractivity contribution in [3.8, 4) is 0 Å². The second-order valence-corrected chi connectivity index (χ2v) is 6.76. The molecule has 1 aliphatic rings. The van der Waals surface area contributed by atoms with E-state index in [1.807, 2.05) is 41.3 Å². The Morgan fingerprint density at radius 3 is 2.64 bits per heavy atom. The Hall–Kier alpha value is -2.33. The highest BCUT2D eigenvalue weighted by Gasteiger charge is 2.18. The second-order valence-electron chi connectivity index (χ2n) is 6.32. The van der Waals surface area contributed by atoms with Crippen LogP contribution < -0.4 is 5.32 Å². The van der Waals surface area contributed by atoms with E-state index in [0.29, 0.717) is 24.4 Å². The summed E-state index contributed by atoms with van der Waals surface area (Å²) < 4.78 is 0. The van der Waals surface area contributed by atoms with Crippen molar-refractivity contribution in [2.75, 3.05) is 11.9 Å². The number of hydrogen-bond acceptors (Lipinski definition) is 2. The standard InChI is InChI=1S/C20H21ClN2O2/c21-17-9-7-15(8-10-17)13-19(24)22-18-5-3-4-16(12-18)14-23-11-2-1-6-20(23)25/h3-5,7-10,12H,1-2,6,11,13-14H2,(H,22,24). The maximum absolute atomic E-state index is 12.2. The lowest BCUT2D eigenvalue weighted by molar-refractivity contribution is -0.133. The van der Waals surface area contributed by atoms with E-state index in [2.05, 4.69) is 5.32 Å². The highest BCUT2D eigenvalue weighted by atomic mass is 35.5. The summed E-state index contributed by atoms with van der Waals surface area (Å²) in [7, 11) is 0. The first-order valence-corrected chi connectivity index (χ1v) is 8.89. The molecule has 1 aliphatic heterocycles. The Morgan fingerprint density at radius 1 is 1.08 bits per heavy atom. The number of hydrogen-bond donors (Lipinski definition) is 1. The largest absolute Gasteiger partial charge is 0.338 e. The van der Waals surface area contributed by atoms with Crippen LogP contribution >= 0.6 is 11.6 Å². The Morgan fingerprint density at radius 2 is 1.88 bits per heavy atom. The van der Waals surface area contributed by atoms with Crippen LogP contribution in [0.15, 0.2) is 48.5 Å². The molecule has 0 spiro atoms. The fourth-order valence-electron chi connectivity index (χ4n) is 2.99. The van der Waals surface area contributed by atoms with Crippen molar-refractivity contribution in [1.82, 2.24) is 4.90 Å². The lowest BCUT2D eigenvalue weighted by atomic mass is 10.1. The molecule has 3 rings (SSSR count). The van der Waals surface area contributed by atoms with E-state index in [1.54, 1.807) is 12.1 Å². The third-order valence-electron chi connectivity index (χ3n) is 4.28. The summed E-state index contributed by atoms with van der Waals surface area (Å²) in [6.07, 6.45) is 2.98. The zero-order chi connectivity index (χ0) is 17.6. The summed E-state index contributed by atoms with van der Waals surface area (Å²) in [5.41, 5.74) is 2.69. The van der Waals surface area contributed by atoms with E-state index in [0.717, 1.165) is 36.2 Å². The topological polar surface area (TPSA) is 49.4 Å². The number of benzene rings is 2. The molecular formula is C20H21ClN2O2. The minimum Gasteiger partial charge on any atom is -0.338 e. The van der Waals surface area contributed by atoms with Gasteiger partial charge in [0.25, 0.3) is 0 Å². The number of nitrogens with one attached hydrogen (secondary N) is 1. The molecule has 25 heavy (non-hydrogen) atoms. The van der Waals surface area contributed by atoms with Crippen LogP contribution in [0.2, 0.25) is 5.02 Å². The van der Waals surface area contributed by atoms with E-state index >= 15 is 0 Å². The molecule has 5 heteroatoms. The number of piperidine rings is 1. The number of halogens is 1. The maximum atomic E-state index is 12.2. The summed E-state index contributed by atoms with van der Waals surface area (Å²) >= 11 is 5.86. The lowest BCUT2D eigenvalue weighted by Gasteiger charge is -2.26. The predicted molar refractivity (Wildman–Crippen MR) is 99.5 cm³/mol. The third kappa shape index (κ3) is 5.07. The zero-order valence-electron chi connectivity index (χ0n) is 14.0. The van der Waals surface area contributed by atoms with E-state index < -0.39 is 0 Å². The van der Waals surface area contributed by atoms with Crippen LogP contribution in [0.3, 0.4) is 0 Å². The molecule has 1 heterocycles. The average molecular weight is 357 g/mol. The van der Waals surface area contributed by atoms with Gasteiger partial charge in [-0.25, -0.2) is 0 Å². The molecular weight excluding hydrogens is 336 g/mol. The summed E-state index contributed by atoms with van der Waals surface area (Å²) in [5.74, 6) is 0.136. The molecule has 1 saturated heterocycles. The van der Waals surface area contributed by atoms with Crippen molar-refractivity contribution in [3.63, 3.8) is 0 Å². The maximum Gasteiger partial charge on any atom is 0.228 e. The first-order chi connectivity index (χ1) is 12.1. The van der Waals surface area contributed by atoms with Crippen LogP contribution in [0.1, 0.15) is 30.4 Å². The van der Waals surface area contributed by atoms with Crippen molar-refractivity contribution in [1.29, 1.82) is 0 Å². The average Bonchev–Trinajstić information content (AvgIpc) is 2.59. The van der Waals surface area contributed by atoms with E-state index in [1.165, 1.54) is 0 Å². The van der Waals surface area contributed by atoms with Gasteiger partial charge in [0.1, 0.15) is 0 Å². The van der Waals surface area contributed by atoms with Gasteiger partial charge in [-0.1, -0.05) is 35.9 Å². The van der Waals surface area contributed by atoms with Gasteiger partial charge in [-0.3, -0.25) is 9.59 Å². The first-order valence-electron chi connectivity index (χ1n) is 8.51. The number of rotatable bonds is 5. The Kier molecular flexibility index (Phi) is 5.71. The molecule has 0 bridgehead atoms. The molecule has 0 aromatic heterocycles. The van der Waals surface area contributed by atoms with Gasteiger partial charge in [-0.15, -0.1) is 0 Å². The molecule has 0 saturated carbocycles. The van der Waals surface area contributed by atoms with Crippen molar-refractivity contribution in [3.05, 3.63) is 64.7 Å². The molecule has 1 fully saturated rings. The molecule has 0 radical (unpaired) electrons. The Bertz CT molecular complexity index is 759. The minimum absolute atomic E-state index is 0.0754. The first kappa shape index (κ1) is 17.5. The predicted octanol–water partition coefficient (Wildman–Crippen LogP) is 4.03. The van der Waals surface area contributed by atoms with Crippen molar-refractivity contribution < 1.29 is 9.59 Å². The fourth-order valence-corrected chi connectivity index (χ4v) is 3.12. The van der Waals surface area contributed by atoms with Crippen LogP contribution in [0.4, 0.5) is 5.69 Å². The van der Waals surface area contributed by atoms with E-state index in [9.17, 15) is 9.59 Å². The number of carbonyl (C=O) groups excluding carboxylic acids is 2. The van der Waals surface area contributed by atoms with Crippen LogP contribution in [0.25, 0.3) is 0 Å². The molecule has 130 valence electrons. The van der Waals surface area contributed by atoms with E-state index in [4.69, 9.17) is 11.6 Å². The number of nitrogens with zero attached hydrogens (tertiary/aromatic N) is 1. The minimum atomic E-state index is -0.0754.